The average Bonchev–Trinajstić information content (AvgIpc) is 3.25. The lowest BCUT2D eigenvalue weighted by atomic mass is 9.89. The highest BCUT2D eigenvalue weighted by Gasteiger charge is 2.27. The molecule has 0 aromatic carbocycles. The summed E-state index contributed by atoms with van der Waals surface area (Å²) in [7, 11) is 0. The number of hydrogen-bond acceptors (Lipinski definition) is 5. The molecule has 118 valence electrons. The van der Waals surface area contributed by atoms with Crippen molar-refractivity contribution in [2.24, 2.45) is 5.92 Å². The normalized spacial score (nSPS) is 17.0. The highest BCUT2D eigenvalue weighted by Crippen LogP contribution is 2.28. The maximum atomic E-state index is 12.5. The topological polar surface area (TPSA) is 83.8 Å². The molecule has 0 radical (unpaired) electrons. The van der Waals surface area contributed by atoms with E-state index in [-0.39, 0.29) is 11.8 Å². The zero-order valence-electron chi connectivity index (χ0n) is 12.6. The summed E-state index contributed by atoms with van der Waals surface area (Å²) in [6.07, 6.45) is 3.98. The maximum absolute atomic E-state index is 12.5. The minimum absolute atomic E-state index is 0.0169. The van der Waals surface area contributed by atoms with Gasteiger partial charge in [0.15, 0.2) is 10.9 Å². The van der Waals surface area contributed by atoms with Crippen molar-refractivity contribution in [2.75, 3.05) is 5.32 Å². The molecule has 1 aliphatic rings. The molecule has 3 heterocycles. The molecule has 0 saturated carbocycles. The van der Waals surface area contributed by atoms with Crippen LogP contribution in [0.5, 0.6) is 0 Å². The number of nitrogens with zero attached hydrogens (tertiary/aromatic N) is 2. The number of nitrogens with one attached hydrogen (secondary N) is 2. The number of rotatable bonds is 3. The zero-order valence-corrected chi connectivity index (χ0v) is 13.4. The third kappa shape index (κ3) is 2.79. The molecule has 0 bridgehead atoms. The quantitative estimate of drug-likeness (QED) is 0.773. The molecular weight excluding hydrogens is 312 g/mol. The Bertz CT molecular complexity index is 834. The largest absolute Gasteiger partial charge is 0.463 e. The van der Waals surface area contributed by atoms with Crippen molar-refractivity contribution in [1.82, 2.24) is 15.0 Å². The molecule has 1 atom stereocenters. The molecule has 0 saturated heterocycles. The highest BCUT2D eigenvalue weighted by atomic mass is 32.1. The van der Waals surface area contributed by atoms with Gasteiger partial charge in [-0.05, 0) is 31.9 Å². The van der Waals surface area contributed by atoms with Crippen LogP contribution in [0.4, 0.5) is 5.13 Å². The van der Waals surface area contributed by atoms with Crippen LogP contribution in [0.2, 0.25) is 0 Å². The van der Waals surface area contributed by atoms with E-state index in [1.165, 1.54) is 11.3 Å². The van der Waals surface area contributed by atoms with Crippen LogP contribution in [0.3, 0.4) is 0 Å². The van der Waals surface area contributed by atoms with Crippen LogP contribution in [-0.4, -0.2) is 20.9 Å². The summed E-state index contributed by atoms with van der Waals surface area (Å²) in [5.74, 6) is 1.60. The Balaban J connectivity index is 1.44. The van der Waals surface area contributed by atoms with Crippen molar-refractivity contribution in [3.63, 3.8) is 0 Å². The van der Waals surface area contributed by atoms with Gasteiger partial charge in [-0.15, -0.1) is 11.3 Å². The lowest BCUT2D eigenvalue weighted by Crippen LogP contribution is -2.28. The van der Waals surface area contributed by atoms with Gasteiger partial charge in [-0.25, -0.2) is 9.97 Å². The molecule has 0 spiro atoms. The van der Waals surface area contributed by atoms with Gasteiger partial charge in [-0.1, -0.05) is 0 Å². The molecule has 0 fully saturated rings. The van der Waals surface area contributed by atoms with Gasteiger partial charge in [0, 0.05) is 23.4 Å². The maximum Gasteiger partial charge on any atom is 0.229 e. The Kier molecular flexibility index (Phi) is 3.49. The van der Waals surface area contributed by atoms with Crippen molar-refractivity contribution in [2.45, 2.75) is 26.2 Å². The van der Waals surface area contributed by atoms with Gasteiger partial charge in [-0.2, -0.15) is 0 Å². The number of aryl methyl sites for hydroxylation is 2. The summed E-state index contributed by atoms with van der Waals surface area (Å²) in [4.78, 5) is 24.6. The van der Waals surface area contributed by atoms with E-state index >= 15 is 0 Å². The average molecular weight is 328 g/mol. The third-order valence-corrected chi connectivity index (χ3v) is 4.80. The molecule has 3 aromatic rings. The van der Waals surface area contributed by atoms with Crippen LogP contribution < -0.4 is 5.32 Å². The first kappa shape index (κ1) is 14.2. The van der Waals surface area contributed by atoms with E-state index in [2.05, 4.69) is 20.3 Å². The lowest BCUT2D eigenvalue weighted by Gasteiger charge is -2.19. The molecule has 1 aliphatic carbocycles. The molecule has 7 heteroatoms. The van der Waals surface area contributed by atoms with E-state index in [9.17, 15) is 4.79 Å². The van der Waals surface area contributed by atoms with Crippen LogP contribution in [0, 0.1) is 12.8 Å². The van der Waals surface area contributed by atoms with E-state index < -0.39 is 0 Å². The molecule has 4 rings (SSSR count). The van der Waals surface area contributed by atoms with Gasteiger partial charge < -0.3 is 14.7 Å². The number of anilines is 1. The minimum Gasteiger partial charge on any atom is -0.463 e. The first-order valence-corrected chi connectivity index (χ1v) is 8.41. The monoisotopic (exact) mass is 328 g/mol. The summed E-state index contributed by atoms with van der Waals surface area (Å²) < 4.78 is 5.32. The predicted octanol–water partition coefficient (Wildman–Crippen LogP) is 3.18. The number of aromatic amines is 1. The second-order valence-electron chi connectivity index (χ2n) is 5.69. The predicted molar refractivity (Wildman–Crippen MR) is 87.3 cm³/mol. The Morgan fingerprint density at radius 1 is 1.48 bits per heavy atom. The molecule has 2 N–H and O–H groups in total. The number of hydrogen-bond donors (Lipinski definition) is 2. The fourth-order valence-corrected chi connectivity index (χ4v) is 3.63. The summed E-state index contributed by atoms with van der Waals surface area (Å²) in [6.45, 7) is 1.94. The SMILES string of the molecule is Cc1nc2c([nH]1)CC(C(=O)Nc1nc(-c3ccco3)cs1)CC2. The van der Waals surface area contributed by atoms with Crippen LogP contribution in [0.15, 0.2) is 28.2 Å². The molecule has 23 heavy (non-hydrogen) atoms. The second kappa shape index (κ2) is 5.66. The third-order valence-electron chi connectivity index (χ3n) is 4.04. The number of furan rings is 1. The van der Waals surface area contributed by atoms with Gasteiger partial charge in [0.2, 0.25) is 5.91 Å². The van der Waals surface area contributed by atoms with Crippen molar-refractivity contribution >= 4 is 22.4 Å². The number of fused-ring (bicyclic) bond motifs is 1. The molecule has 6 nitrogen and oxygen atoms in total. The van der Waals surface area contributed by atoms with E-state index in [0.717, 1.165) is 35.7 Å². The highest BCUT2D eigenvalue weighted by molar-refractivity contribution is 7.14. The number of aromatic nitrogens is 3. The smallest absolute Gasteiger partial charge is 0.229 e. The number of H-pyrrole nitrogens is 1. The fourth-order valence-electron chi connectivity index (χ4n) is 2.92. The summed E-state index contributed by atoms with van der Waals surface area (Å²) in [5, 5.41) is 5.41. The van der Waals surface area contributed by atoms with Crippen LogP contribution in [0.1, 0.15) is 23.6 Å². The second-order valence-corrected chi connectivity index (χ2v) is 6.55. The Hall–Kier alpha value is -2.41. The molecular formula is C16H16N4O2S. The van der Waals surface area contributed by atoms with Crippen LogP contribution in [-0.2, 0) is 17.6 Å². The molecule has 1 amide bonds. The zero-order chi connectivity index (χ0) is 15.8. The van der Waals surface area contributed by atoms with Gasteiger partial charge in [0.05, 0.1) is 12.0 Å². The summed E-state index contributed by atoms with van der Waals surface area (Å²) >= 11 is 1.41. The van der Waals surface area contributed by atoms with Gasteiger partial charge in [0.25, 0.3) is 0 Å². The molecule has 1 unspecified atom stereocenters. The van der Waals surface area contributed by atoms with Gasteiger partial charge in [-0.3, -0.25) is 4.79 Å². The Morgan fingerprint density at radius 2 is 2.39 bits per heavy atom. The fraction of sp³-hybridized carbons (Fsp3) is 0.312. The van der Waals surface area contributed by atoms with Crippen molar-refractivity contribution in [3.8, 4) is 11.5 Å². The summed E-state index contributed by atoms with van der Waals surface area (Å²) in [5.41, 5.74) is 2.93. The Labute approximate surface area is 137 Å². The minimum atomic E-state index is -0.0432. The van der Waals surface area contributed by atoms with Crippen molar-refractivity contribution in [1.29, 1.82) is 0 Å². The number of amides is 1. The Morgan fingerprint density at radius 3 is 3.22 bits per heavy atom. The summed E-state index contributed by atoms with van der Waals surface area (Å²) in [6, 6.07) is 3.67. The van der Waals surface area contributed by atoms with Gasteiger partial charge in [0.1, 0.15) is 11.5 Å². The van der Waals surface area contributed by atoms with Crippen molar-refractivity contribution < 1.29 is 9.21 Å². The van der Waals surface area contributed by atoms with Gasteiger partial charge >= 0.3 is 0 Å². The van der Waals surface area contributed by atoms with Crippen LogP contribution in [0.25, 0.3) is 11.5 Å². The standard InChI is InChI=1S/C16H16N4O2S/c1-9-17-11-5-4-10(7-12(11)18-9)15(21)20-16-19-13(8-23-16)14-3-2-6-22-14/h2-3,6,8,10H,4-5,7H2,1H3,(H,17,18)(H,19,20,21). The lowest BCUT2D eigenvalue weighted by molar-refractivity contribution is -0.120. The molecule has 3 aromatic heterocycles. The first-order chi connectivity index (χ1) is 11.2. The van der Waals surface area contributed by atoms with Crippen LogP contribution >= 0.6 is 11.3 Å². The van der Waals surface area contributed by atoms with E-state index in [1.54, 1.807) is 6.26 Å². The first-order valence-electron chi connectivity index (χ1n) is 7.53. The molecule has 0 aliphatic heterocycles. The van der Waals surface area contributed by atoms with E-state index in [0.29, 0.717) is 17.3 Å². The van der Waals surface area contributed by atoms with E-state index in [1.807, 2.05) is 24.4 Å². The number of thiazole rings is 1. The number of carbonyl (C=O) groups is 1. The van der Waals surface area contributed by atoms with Crippen molar-refractivity contribution in [3.05, 3.63) is 41.0 Å². The number of carbonyl (C=O) groups excluding carboxylic acids is 1. The van der Waals surface area contributed by atoms with E-state index in [4.69, 9.17) is 4.42 Å². The number of imidazole rings is 1.